The van der Waals surface area contributed by atoms with Crippen molar-refractivity contribution in [1.29, 1.82) is 0 Å². The average Bonchev–Trinajstić information content (AvgIpc) is 2.94. The van der Waals surface area contributed by atoms with Crippen LogP contribution in [0.2, 0.25) is 0 Å². The minimum atomic E-state index is -0.0276. The SMILES string of the molecule is CC[C@H](N)c1ccccc1Oc1ccc2c(c1)OCO2. The molecule has 1 heterocycles. The van der Waals surface area contributed by atoms with Gasteiger partial charge in [-0.1, -0.05) is 25.1 Å². The van der Waals surface area contributed by atoms with Gasteiger partial charge >= 0.3 is 0 Å². The van der Waals surface area contributed by atoms with Gasteiger partial charge in [0.25, 0.3) is 0 Å². The summed E-state index contributed by atoms with van der Waals surface area (Å²) in [6, 6.07) is 13.3. The van der Waals surface area contributed by atoms with Crippen molar-refractivity contribution in [2.45, 2.75) is 19.4 Å². The zero-order valence-electron chi connectivity index (χ0n) is 11.3. The third-order valence-electron chi connectivity index (χ3n) is 3.33. The maximum absolute atomic E-state index is 6.11. The maximum Gasteiger partial charge on any atom is 0.231 e. The summed E-state index contributed by atoms with van der Waals surface area (Å²) in [5, 5.41) is 0. The predicted molar refractivity (Wildman–Crippen MR) is 76.3 cm³/mol. The van der Waals surface area contributed by atoms with Gasteiger partial charge in [0.05, 0.1) is 0 Å². The van der Waals surface area contributed by atoms with E-state index in [9.17, 15) is 0 Å². The third-order valence-corrected chi connectivity index (χ3v) is 3.33. The predicted octanol–water partition coefficient (Wildman–Crippen LogP) is 3.62. The minimum Gasteiger partial charge on any atom is -0.457 e. The van der Waals surface area contributed by atoms with Gasteiger partial charge in [-0.15, -0.1) is 0 Å². The van der Waals surface area contributed by atoms with Crippen molar-refractivity contribution in [3.8, 4) is 23.0 Å². The van der Waals surface area contributed by atoms with Crippen LogP contribution in [0.25, 0.3) is 0 Å². The molecule has 2 aromatic carbocycles. The number of ether oxygens (including phenoxy) is 3. The van der Waals surface area contributed by atoms with Crippen LogP contribution in [0.5, 0.6) is 23.0 Å². The number of hydrogen-bond acceptors (Lipinski definition) is 4. The Morgan fingerprint density at radius 1 is 1.15 bits per heavy atom. The lowest BCUT2D eigenvalue weighted by molar-refractivity contribution is 0.174. The fraction of sp³-hybridized carbons (Fsp3) is 0.250. The number of nitrogens with two attached hydrogens (primary N) is 1. The van der Waals surface area contributed by atoms with Gasteiger partial charge in [0.15, 0.2) is 11.5 Å². The second-order valence-electron chi connectivity index (χ2n) is 4.67. The molecule has 0 saturated heterocycles. The van der Waals surface area contributed by atoms with E-state index in [-0.39, 0.29) is 12.8 Å². The van der Waals surface area contributed by atoms with E-state index in [1.54, 1.807) is 0 Å². The second kappa shape index (κ2) is 5.43. The van der Waals surface area contributed by atoms with E-state index < -0.39 is 0 Å². The molecule has 104 valence electrons. The zero-order valence-corrected chi connectivity index (χ0v) is 11.3. The quantitative estimate of drug-likeness (QED) is 0.922. The first kappa shape index (κ1) is 12.8. The molecule has 20 heavy (non-hydrogen) atoms. The molecule has 4 heteroatoms. The van der Waals surface area contributed by atoms with Gasteiger partial charge in [0.1, 0.15) is 11.5 Å². The molecule has 0 saturated carbocycles. The lowest BCUT2D eigenvalue weighted by Gasteiger charge is -2.15. The molecule has 3 rings (SSSR count). The third kappa shape index (κ3) is 2.42. The fourth-order valence-electron chi connectivity index (χ4n) is 2.17. The summed E-state index contributed by atoms with van der Waals surface area (Å²) in [6.07, 6.45) is 0.863. The molecule has 0 aliphatic carbocycles. The summed E-state index contributed by atoms with van der Waals surface area (Å²) in [4.78, 5) is 0. The topological polar surface area (TPSA) is 53.7 Å². The Labute approximate surface area is 118 Å². The number of fused-ring (bicyclic) bond motifs is 1. The Balaban J connectivity index is 1.88. The Bertz CT molecular complexity index is 612. The number of para-hydroxylation sites is 1. The van der Waals surface area contributed by atoms with Crippen LogP contribution >= 0.6 is 0 Å². The van der Waals surface area contributed by atoms with E-state index in [1.807, 2.05) is 42.5 Å². The fourth-order valence-corrected chi connectivity index (χ4v) is 2.17. The molecule has 0 unspecified atom stereocenters. The summed E-state index contributed by atoms with van der Waals surface area (Å²) < 4.78 is 16.6. The van der Waals surface area contributed by atoms with Crippen molar-refractivity contribution < 1.29 is 14.2 Å². The van der Waals surface area contributed by atoms with Crippen molar-refractivity contribution >= 4 is 0 Å². The van der Waals surface area contributed by atoms with E-state index in [2.05, 4.69) is 6.92 Å². The highest BCUT2D eigenvalue weighted by Crippen LogP contribution is 2.37. The lowest BCUT2D eigenvalue weighted by atomic mass is 10.0. The van der Waals surface area contributed by atoms with E-state index in [0.29, 0.717) is 11.5 Å². The molecular weight excluding hydrogens is 254 g/mol. The van der Waals surface area contributed by atoms with Crippen molar-refractivity contribution in [2.75, 3.05) is 6.79 Å². The standard InChI is InChI=1S/C16H17NO3/c1-2-13(17)12-5-3-4-6-14(12)20-11-7-8-15-16(9-11)19-10-18-15/h3-9,13H,2,10,17H2,1H3/t13-/m0/s1. The van der Waals surface area contributed by atoms with Crippen molar-refractivity contribution in [1.82, 2.24) is 0 Å². The van der Waals surface area contributed by atoms with Crippen LogP contribution in [0.1, 0.15) is 24.9 Å². The van der Waals surface area contributed by atoms with Gasteiger partial charge in [-0.2, -0.15) is 0 Å². The van der Waals surface area contributed by atoms with Crippen molar-refractivity contribution in [2.24, 2.45) is 5.73 Å². The zero-order chi connectivity index (χ0) is 13.9. The molecule has 2 N–H and O–H groups in total. The van der Waals surface area contributed by atoms with Gasteiger partial charge in [-0.3, -0.25) is 0 Å². The molecule has 0 aromatic heterocycles. The maximum atomic E-state index is 6.11. The molecule has 0 radical (unpaired) electrons. The first-order valence-electron chi connectivity index (χ1n) is 6.70. The van der Waals surface area contributed by atoms with Gasteiger partial charge in [-0.05, 0) is 24.6 Å². The second-order valence-corrected chi connectivity index (χ2v) is 4.67. The molecule has 0 spiro atoms. The van der Waals surface area contributed by atoms with Gasteiger partial charge in [-0.25, -0.2) is 0 Å². The molecule has 0 amide bonds. The van der Waals surface area contributed by atoms with Gasteiger partial charge < -0.3 is 19.9 Å². The number of benzene rings is 2. The highest BCUT2D eigenvalue weighted by atomic mass is 16.7. The highest BCUT2D eigenvalue weighted by Gasteiger charge is 2.15. The first-order valence-corrected chi connectivity index (χ1v) is 6.70. The Morgan fingerprint density at radius 2 is 1.95 bits per heavy atom. The summed E-state index contributed by atoms with van der Waals surface area (Å²) >= 11 is 0. The molecule has 1 atom stereocenters. The van der Waals surface area contributed by atoms with Crippen LogP contribution in [-0.2, 0) is 0 Å². The highest BCUT2D eigenvalue weighted by molar-refractivity contribution is 5.49. The lowest BCUT2D eigenvalue weighted by Crippen LogP contribution is -2.09. The minimum absolute atomic E-state index is 0.0276. The van der Waals surface area contributed by atoms with E-state index in [4.69, 9.17) is 19.9 Å². The first-order chi connectivity index (χ1) is 9.78. The van der Waals surface area contributed by atoms with Crippen LogP contribution in [0.15, 0.2) is 42.5 Å². The van der Waals surface area contributed by atoms with Crippen molar-refractivity contribution in [3.05, 3.63) is 48.0 Å². The number of hydrogen-bond donors (Lipinski definition) is 1. The van der Waals surface area contributed by atoms with Crippen molar-refractivity contribution in [3.63, 3.8) is 0 Å². The van der Waals surface area contributed by atoms with Gasteiger partial charge in [0.2, 0.25) is 6.79 Å². The molecule has 2 aromatic rings. The van der Waals surface area contributed by atoms with Crippen LogP contribution in [0, 0.1) is 0 Å². The Morgan fingerprint density at radius 3 is 2.80 bits per heavy atom. The largest absolute Gasteiger partial charge is 0.457 e. The summed E-state index contributed by atoms with van der Waals surface area (Å²) in [5.74, 6) is 2.95. The molecule has 1 aliphatic heterocycles. The summed E-state index contributed by atoms with van der Waals surface area (Å²) in [5.41, 5.74) is 7.12. The van der Waals surface area contributed by atoms with Crippen LogP contribution in [0.4, 0.5) is 0 Å². The monoisotopic (exact) mass is 271 g/mol. The summed E-state index contributed by atoms with van der Waals surface area (Å²) in [7, 11) is 0. The van der Waals surface area contributed by atoms with E-state index in [1.165, 1.54) is 0 Å². The van der Waals surface area contributed by atoms with Gasteiger partial charge in [0, 0.05) is 17.7 Å². The normalized spacial score (nSPS) is 14.1. The Kier molecular flexibility index (Phi) is 3.48. The molecule has 1 aliphatic rings. The number of rotatable bonds is 4. The smallest absolute Gasteiger partial charge is 0.231 e. The van der Waals surface area contributed by atoms with Crippen LogP contribution in [0.3, 0.4) is 0 Å². The van der Waals surface area contributed by atoms with Crippen LogP contribution in [-0.4, -0.2) is 6.79 Å². The Hall–Kier alpha value is -2.20. The summed E-state index contributed by atoms with van der Waals surface area (Å²) in [6.45, 7) is 2.32. The molecule has 0 fully saturated rings. The van der Waals surface area contributed by atoms with E-state index >= 15 is 0 Å². The van der Waals surface area contributed by atoms with E-state index in [0.717, 1.165) is 23.5 Å². The van der Waals surface area contributed by atoms with Crippen LogP contribution < -0.4 is 19.9 Å². The average molecular weight is 271 g/mol. The molecule has 4 nitrogen and oxygen atoms in total. The molecular formula is C16H17NO3. The molecule has 0 bridgehead atoms.